The third kappa shape index (κ3) is 1.33. The minimum Gasteiger partial charge on any atom is -0.359 e. The molecule has 0 aromatic carbocycles. The zero-order chi connectivity index (χ0) is 10.7. The number of hydrogen-bond donors (Lipinski definition) is 1. The summed E-state index contributed by atoms with van der Waals surface area (Å²) < 4.78 is 0. The molecule has 0 radical (unpaired) electrons. The molecule has 15 heavy (non-hydrogen) atoms. The van der Waals surface area contributed by atoms with Crippen LogP contribution in [0.5, 0.6) is 0 Å². The van der Waals surface area contributed by atoms with Gasteiger partial charge in [0.05, 0.1) is 5.41 Å². The van der Waals surface area contributed by atoms with Gasteiger partial charge >= 0.3 is 0 Å². The molecule has 0 aliphatic heterocycles. The minimum absolute atomic E-state index is 0.0450. The molecule has 0 aromatic rings. The summed E-state index contributed by atoms with van der Waals surface area (Å²) in [5.41, 5.74) is -0.111. The Morgan fingerprint density at radius 2 is 1.87 bits per heavy atom. The van der Waals surface area contributed by atoms with Crippen LogP contribution in [-0.4, -0.2) is 17.8 Å². The lowest BCUT2D eigenvalue weighted by atomic mass is 9.49. The fourth-order valence-electron chi connectivity index (χ4n) is 4.68. The SMILES string of the molecule is CNC(=O)C12C[C@@H]3C[C@@H](CC(Cl)(C3)C1)C2. The number of rotatable bonds is 1. The first kappa shape index (κ1) is 9.95. The molecule has 4 aliphatic rings. The van der Waals surface area contributed by atoms with Crippen LogP contribution >= 0.6 is 11.6 Å². The number of amides is 1. The molecular formula is C12H18ClNO. The molecule has 4 rings (SSSR count). The van der Waals surface area contributed by atoms with Gasteiger partial charge < -0.3 is 5.32 Å². The highest BCUT2D eigenvalue weighted by Crippen LogP contribution is 2.63. The molecule has 4 saturated carbocycles. The summed E-state index contributed by atoms with van der Waals surface area (Å²) in [6.07, 6.45) is 6.67. The van der Waals surface area contributed by atoms with Gasteiger partial charge in [0, 0.05) is 11.9 Å². The van der Waals surface area contributed by atoms with Gasteiger partial charge in [-0.1, -0.05) is 0 Å². The molecule has 2 unspecified atom stereocenters. The van der Waals surface area contributed by atoms with Gasteiger partial charge in [-0.05, 0) is 50.4 Å². The molecule has 0 saturated heterocycles. The Hall–Kier alpha value is -0.240. The van der Waals surface area contributed by atoms with E-state index in [1.54, 1.807) is 7.05 Å². The normalized spacial score (nSPS) is 51.9. The molecule has 1 N–H and O–H groups in total. The van der Waals surface area contributed by atoms with Crippen LogP contribution in [0.1, 0.15) is 38.5 Å². The first-order chi connectivity index (χ1) is 7.05. The maximum absolute atomic E-state index is 12.0. The van der Waals surface area contributed by atoms with Crippen LogP contribution in [0.2, 0.25) is 0 Å². The smallest absolute Gasteiger partial charge is 0.226 e. The van der Waals surface area contributed by atoms with Crippen LogP contribution in [0.4, 0.5) is 0 Å². The van der Waals surface area contributed by atoms with Gasteiger partial charge in [0.15, 0.2) is 0 Å². The Bertz CT molecular complexity index is 301. The molecule has 0 aromatic heterocycles. The van der Waals surface area contributed by atoms with E-state index in [-0.39, 0.29) is 16.2 Å². The molecular weight excluding hydrogens is 210 g/mol. The molecule has 4 fully saturated rings. The van der Waals surface area contributed by atoms with Crippen molar-refractivity contribution in [3.63, 3.8) is 0 Å². The lowest BCUT2D eigenvalue weighted by Crippen LogP contribution is -2.58. The van der Waals surface area contributed by atoms with Crippen molar-refractivity contribution in [1.82, 2.24) is 5.32 Å². The van der Waals surface area contributed by atoms with E-state index in [0.717, 1.165) is 32.1 Å². The van der Waals surface area contributed by atoms with E-state index >= 15 is 0 Å². The predicted molar refractivity (Wildman–Crippen MR) is 59.8 cm³/mol. The fourth-order valence-corrected chi connectivity index (χ4v) is 5.37. The molecule has 0 heterocycles. The van der Waals surface area contributed by atoms with Gasteiger partial charge in [0.2, 0.25) is 5.91 Å². The summed E-state index contributed by atoms with van der Waals surface area (Å²) in [5.74, 6) is 1.66. The van der Waals surface area contributed by atoms with Gasteiger partial charge in [-0.2, -0.15) is 0 Å². The van der Waals surface area contributed by atoms with E-state index < -0.39 is 0 Å². The number of alkyl halides is 1. The Morgan fingerprint density at radius 3 is 2.33 bits per heavy atom. The molecule has 2 nitrogen and oxygen atoms in total. The first-order valence-electron chi connectivity index (χ1n) is 5.96. The second kappa shape index (κ2) is 2.91. The number of hydrogen-bond acceptors (Lipinski definition) is 1. The van der Waals surface area contributed by atoms with Gasteiger partial charge in [0.25, 0.3) is 0 Å². The van der Waals surface area contributed by atoms with Crippen LogP contribution in [0.15, 0.2) is 0 Å². The lowest BCUT2D eigenvalue weighted by molar-refractivity contribution is -0.144. The zero-order valence-corrected chi connectivity index (χ0v) is 9.94. The largest absolute Gasteiger partial charge is 0.359 e. The summed E-state index contributed by atoms with van der Waals surface area (Å²) in [6.45, 7) is 0. The number of halogens is 1. The summed E-state index contributed by atoms with van der Waals surface area (Å²) in [7, 11) is 1.75. The Balaban J connectivity index is 1.96. The number of nitrogens with one attached hydrogen (secondary N) is 1. The van der Waals surface area contributed by atoms with Crippen molar-refractivity contribution in [2.45, 2.75) is 43.4 Å². The standard InChI is InChI=1S/C12H18ClNO/c1-14-10(15)11-3-8-2-9(4-11)6-12(13,5-8)7-11/h8-9H,2-7H2,1H3,(H,14,15)/t8-,9+,11?,12?. The zero-order valence-electron chi connectivity index (χ0n) is 9.18. The van der Waals surface area contributed by atoms with Gasteiger partial charge in [-0.15, -0.1) is 11.6 Å². The van der Waals surface area contributed by atoms with Crippen LogP contribution in [0.3, 0.4) is 0 Å². The maximum atomic E-state index is 12.0. The third-order valence-corrected chi connectivity index (χ3v) is 5.14. The second-order valence-electron chi connectivity index (χ2n) is 5.97. The summed E-state index contributed by atoms with van der Waals surface area (Å²) in [4.78, 5) is 12.0. The lowest BCUT2D eigenvalue weighted by Gasteiger charge is -2.59. The monoisotopic (exact) mass is 227 g/mol. The van der Waals surface area contributed by atoms with Crippen LogP contribution in [-0.2, 0) is 4.79 Å². The Morgan fingerprint density at radius 1 is 1.27 bits per heavy atom. The molecule has 4 atom stereocenters. The van der Waals surface area contributed by atoms with E-state index in [1.807, 2.05) is 0 Å². The summed E-state index contributed by atoms with van der Waals surface area (Å²) in [5, 5.41) is 2.84. The van der Waals surface area contributed by atoms with Crippen molar-refractivity contribution in [1.29, 1.82) is 0 Å². The number of carbonyl (C=O) groups is 1. The van der Waals surface area contributed by atoms with Crippen molar-refractivity contribution in [2.24, 2.45) is 17.3 Å². The average molecular weight is 228 g/mol. The van der Waals surface area contributed by atoms with E-state index in [1.165, 1.54) is 6.42 Å². The first-order valence-corrected chi connectivity index (χ1v) is 6.34. The topological polar surface area (TPSA) is 29.1 Å². The highest BCUT2D eigenvalue weighted by molar-refractivity contribution is 6.24. The minimum atomic E-state index is -0.111. The summed E-state index contributed by atoms with van der Waals surface area (Å²) >= 11 is 6.64. The Kier molecular flexibility index (Phi) is 1.93. The van der Waals surface area contributed by atoms with E-state index in [2.05, 4.69) is 5.32 Å². The fraction of sp³-hybridized carbons (Fsp3) is 0.917. The van der Waals surface area contributed by atoms with Crippen molar-refractivity contribution >= 4 is 17.5 Å². The molecule has 0 spiro atoms. The molecule has 4 bridgehead atoms. The van der Waals surface area contributed by atoms with Crippen molar-refractivity contribution in [3.8, 4) is 0 Å². The van der Waals surface area contributed by atoms with Crippen molar-refractivity contribution in [3.05, 3.63) is 0 Å². The second-order valence-corrected chi connectivity index (χ2v) is 6.77. The van der Waals surface area contributed by atoms with Crippen LogP contribution in [0, 0.1) is 17.3 Å². The predicted octanol–water partition coefficient (Wildman–Crippen LogP) is 2.31. The van der Waals surface area contributed by atoms with E-state index in [4.69, 9.17) is 11.6 Å². The third-order valence-electron chi connectivity index (χ3n) is 4.70. The Labute approximate surface area is 95.8 Å². The van der Waals surface area contributed by atoms with Crippen LogP contribution < -0.4 is 5.32 Å². The quantitative estimate of drug-likeness (QED) is 0.685. The molecule has 3 heteroatoms. The molecule has 1 amide bonds. The van der Waals surface area contributed by atoms with E-state index in [9.17, 15) is 4.79 Å². The van der Waals surface area contributed by atoms with Gasteiger partial charge in [-0.3, -0.25) is 4.79 Å². The summed E-state index contributed by atoms with van der Waals surface area (Å²) in [6, 6.07) is 0. The van der Waals surface area contributed by atoms with Crippen molar-refractivity contribution < 1.29 is 4.79 Å². The molecule has 4 aliphatic carbocycles. The highest BCUT2D eigenvalue weighted by atomic mass is 35.5. The number of carbonyl (C=O) groups excluding carboxylic acids is 1. The van der Waals surface area contributed by atoms with Crippen molar-refractivity contribution in [2.75, 3.05) is 7.05 Å². The highest BCUT2D eigenvalue weighted by Gasteiger charge is 2.59. The van der Waals surface area contributed by atoms with Gasteiger partial charge in [-0.25, -0.2) is 0 Å². The van der Waals surface area contributed by atoms with E-state index in [0.29, 0.717) is 11.8 Å². The van der Waals surface area contributed by atoms with Crippen LogP contribution in [0.25, 0.3) is 0 Å². The van der Waals surface area contributed by atoms with Gasteiger partial charge in [0.1, 0.15) is 0 Å². The average Bonchev–Trinajstić information content (AvgIpc) is 2.12. The maximum Gasteiger partial charge on any atom is 0.226 e. The molecule has 84 valence electrons.